The van der Waals surface area contributed by atoms with E-state index < -0.39 is 11.4 Å². The van der Waals surface area contributed by atoms with Crippen LogP contribution in [0.4, 0.5) is 0 Å². The highest BCUT2D eigenvalue weighted by molar-refractivity contribution is 5.90. The summed E-state index contributed by atoms with van der Waals surface area (Å²) in [6.07, 6.45) is 1.71. The molecule has 1 amide bonds. The molecular formula is C28H27NO5. The molecule has 6 nitrogen and oxygen atoms in total. The van der Waals surface area contributed by atoms with Gasteiger partial charge in [0.05, 0.1) is 24.1 Å². The number of hydrogen-bond donors (Lipinski definition) is 2. The van der Waals surface area contributed by atoms with Crippen LogP contribution in [0.2, 0.25) is 0 Å². The van der Waals surface area contributed by atoms with Gasteiger partial charge in [0.15, 0.2) is 0 Å². The average molecular weight is 458 g/mol. The molecule has 0 saturated carbocycles. The van der Waals surface area contributed by atoms with Crippen LogP contribution in [0.3, 0.4) is 0 Å². The Bertz CT molecular complexity index is 1270. The lowest BCUT2D eigenvalue weighted by molar-refractivity contribution is -0.127. The Labute approximate surface area is 198 Å². The maximum atomic E-state index is 13.7. The van der Waals surface area contributed by atoms with E-state index >= 15 is 0 Å². The number of carboxylic acids is 1. The second kappa shape index (κ2) is 8.52. The molecule has 2 N–H and O–H groups in total. The third kappa shape index (κ3) is 3.79. The predicted molar refractivity (Wildman–Crippen MR) is 127 cm³/mol. The SMILES string of the molecule is COc1ccc2c(c1)[C@](C)(C(=O)N[C@@H]1C[C@H](c3cccc(C(=O)O)c3)Oc3ccccc31)CC2. The number of benzene rings is 3. The number of ether oxygens (including phenoxy) is 2. The molecule has 3 aromatic rings. The van der Waals surface area contributed by atoms with Crippen molar-refractivity contribution in [1.82, 2.24) is 5.32 Å². The number of aromatic carboxylic acids is 1. The molecule has 0 bridgehead atoms. The van der Waals surface area contributed by atoms with Gasteiger partial charge in [-0.2, -0.15) is 0 Å². The lowest BCUT2D eigenvalue weighted by Crippen LogP contribution is -2.44. The van der Waals surface area contributed by atoms with Gasteiger partial charge in [0, 0.05) is 12.0 Å². The first-order valence-corrected chi connectivity index (χ1v) is 11.5. The molecule has 5 rings (SSSR count). The molecule has 1 aliphatic carbocycles. The van der Waals surface area contributed by atoms with Crippen LogP contribution in [-0.4, -0.2) is 24.1 Å². The summed E-state index contributed by atoms with van der Waals surface area (Å²) < 4.78 is 11.6. The third-order valence-corrected chi connectivity index (χ3v) is 7.13. The molecule has 0 spiro atoms. The van der Waals surface area contributed by atoms with Gasteiger partial charge in [-0.3, -0.25) is 4.79 Å². The van der Waals surface area contributed by atoms with Gasteiger partial charge in [-0.25, -0.2) is 4.79 Å². The number of methoxy groups -OCH3 is 1. The van der Waals surface area contributed by atoms with E-state index in [2.05, 4.69) is 5.32 Å². The fraction of sp³-hybridized carbons (Fsp3) is 0.286. The highest BCUT2D eigenvalue weighted by Crippen LogP contribution is 2.44. The van der Waals surface area contributed by atoms with Crippen LogP contribution < -0.4 is 14.8 Å². The Balaban J connectivity index is 1.45. The second-order valence-corrected chi connectivity index (χ2v) is 9.19. The highest BCUT2D eigenvalue weighted by Gasteiger charge is 2.43. The van der Waals surface area contributed by atoms with Gasteiger partial charge < -0.3 is 19.9 Å². The number of carbonyl (C=O) groups excluding carboxylic acids is 1. The molecule has 0 fully saturated rings. The van der Waals surface area contributed by atoms with Gasteiger partial charge in [-0.05, 0) is 66.8 Å². The lowest BCUT2D eigenvalue weighted by atomic mass is 9.82. The summed E-state index contributed by atoms with van der Waals surface area (Å²) in [6.45, 7) is 1.99. The van der Waals surface area contributed by atoms with Crippen LogP contribution in [0.15, 0.2) is 66.7 Å². The van der Waals surface area contributed by atoms with Crippen LogP contribution in [0.5, 0.6) is 11.5 Å². The number of carboxylic acid groups (broad SMARTS) is 1. The Morgan fingerprint density at radius 1 is 1.09 bits per heavy atom. The quantitative estimate of drug-likeness (QED) is 0.565. The Morgan fingerprint density at radius 3 is 2.71 bits per heavy atom. The molecule has 174 valence electrons. The van der Waals surface area contributed by atoms with E-state index in [9.17, 15) is 14.7 Å². The van der Waals surface area contributed by atoms with E-state index in [0.717, 1.165) is 35.3 Å². The van der Waals surface area contributed by atoms with Crippen LogP contribution in [-0.2, 0) is 16.6 Å². The minimum atomic E-state index is -0.980. The minimum Gasteiger partial charge on any atom is -0.497 e. The first-order chi connectivity index (χ1) is 16.4. The Morgan fingerprint density at radius 2 is 1.91 bits per heavy atom. The summed E-state index contributed by atoms with van der Waals surface area (Å²) in [5, 5.41) is 12.7. The molecule has 0 saturated heterocycles. The smallest absolute Gasteiger partial charge is 0.335 e. The molecule has 3 aromatic carbocycles. The van der Waals surface area contributed by atoms with Gasteiger partial charge in [-0.1, -0.05) is 36.4 Å². The number of aryl methyl sites for hydroxylation is 1. The first-order valence-electron chi connectivity index (χ1n) is 11.5. The normalized spacial score (nSPS) is 22.8. The van der Waals surface area contributed by atoms with Gasteiger partial charge in [0.25, 0.3) is 0 Å². The number of nitrogens with one attached hydrogen (secondary N) is 1. The first kappa shape index (κ1) is 22.0. The molecule has 0 aromatic heterocycles. The van der Waals surface area contributed by atoms with E-state index in [1.807, 2.05) is 55.5 Å². The van der Waals surface area contributed by atoms with Crippen LogP contribution in [0, 0.1) is 0 Å². The summed E-state index contributed by atoms with van der Waals surface area (Å²) in [4.78, 5) is 25.2. The summed E-state index contributed by atoms with van der Waals surface area (Å²) in [5.74, 6) is 0.434. The lowest BCUT2D eigenvalue weighted by Gasteiger charge is -2.35. The molecule has 0 unspecified atom stereocenters. The Hall–Kier alpha value is -3.80. The van der Waals surface area contributed by atoms with Crippen molar-refractivity contribution < 1.29 is 24.2 Å². The maximum Gasteiger partial charge on any atom is 0.335 e. The molecule has 6 heteroatoms. The van der Waals surface area contributed by atoms with Crippen molar-refractivity contribution >= 4 is 11.9 Å². The number of para-hydroxylation sites is 1. The molecule has 1 heterocycles. The summed E-state index contributed by atoms with van der Waals surface area (Å²) in [6, 6.07) is 20.2. The van der Waals surface area contributed by atoms with Gasteiger partial charge >= 0.3 is 5.97 Å². The second-order valence-electron chi connectivity index (χ2n) is 9.19. The monoisotopic (exact) mass is 457 g/mol. The van der Waals surface area contributed by atoms with Gasteiger partial charge in [0.2, 0.25) is 5.91 Å². The highest BCUT2D eigenvalue weighted by atomic mass is 16.5. The van der Waals surface area contributed by atoms with E-state index in [0.29, 0.717) is 12.2 Å². The summed E-state index contributed by atoms with van der Waals surface area (Å²) >= 11 is 0. The molecule has 34 heavy (non-hydrogen) atoms. The van der Waals surface area contributed by atoms with Gasteiger partial charge in [0.1, 0.15) is 17.6 Å². The van der Waals surface area contributed by atoms with E-state index in [1.165, 1.54) is 5.56 Å². The standard InChI is InChI=1S/C28H27NO5/c1-28(13-12-17-10-11-20(33-2)15-22(17)28)27(32)29-23-16-25(34-24-9-4-3-8-21(23)24)18-6-5-7-19(14-18)26(30)31/h3-11,14-15,23,25H,12-13,16H2,1-2H3,(H,29,32)(H,30,31)/t23-,25-,28-/m1/s1. The summed E-state index contributed by atoms with van der Waals surface area (Å²) in [7, 11) is 1.63. The number of amides is 1. The fourth-order valence-electron chi connectivity index (χ4n) is 5.12. The number of fused-ring (bicyclic) bond motifs is 2. The largest absolute Gasteiger partial charge is 0.497 e. The average Bonchev–Trinajstić information content (AvgIpc) is 3.21. The van der Waals surface area contributed by atoms with Crippen molar-refractivity contribution in [3.63, 3.8) is 0 Å². The van der Waals surface area contributed by atoms with Gasteiger partial charge in [-0.15, -0.1) is 0 Å². The van der Waals surface area contributed by atoms with Crippen molar-refractivity contribution in [2.45, 2.75) is 43.7 Å². The van der Waals surface area contributed by atoms with Crippen molar-refractivity contribution in [3.05, 3.63) is 94.5 Å². The number of rotatable bonds is 5. The van der Waals surface area contributed by atoms with Crippen LogP contribution in [0.1, 0.15) is 64.5 Å². The summed E-state index contributed by atoms with van der Waals surface area (Å²) in [5.41, 5.74) is 3.44. The topological polar surface area (TPSA) is 84.9 Å². The Kier molecular flexibility index (Phi) is 5.52. The predicted octanol–water partition coefficient (Wildman–Crippen LogP) is 4.98. The molecule has 1 aliphatic heterocycles. The molecule has 2 aliphatic rings. The molecule has 3 atom stereocenters. The minimum absolute atomic E-state index is 0.0285. The fourth-order valence-corrected chi connectivity index (χ4v) is 5.12. The zero-order valence-corrected chi connectivity index (χ0v) is 19.2. The molecular weight excluding hydrogens is 430 g/mol. The van der Waals surface area contributed by atoms with Crippen LogP contribution >= 0.6 is 0 Å². The molecule has 0 radical (unpaired) electrons. The van der Waals surface area contributed by atoms with E-state index in [4.69, 9.17) is 9.47 Å². The zero-order chi connectivity index (χ0) is 23.9. The number of carbonyl (C=O) groups is 2. The van der Waals surface area contributed by atoms with E-state index in [1.54, 1.807) is 25.3 Å². The van der Waals surface area contributed by atoms with Crippen LogP contribution in [0.25, 0.3) is 0 Å². The maximum absolute atomic E-state index is 13.7. The van der Waals surface area contributed by atoms with Crippen molar-refractivity contribution in [1.29, 1.82) is 0 Å². The third-order valence-electron chi connectivity index (χ3n) is 7.13. The van der Waals surface area contributed by atoms with Crippen molar-refractivity contribution in [2.75, 3.05) is 7.11 Å². The van der Waals surface area contributed by atoms with E-state index in [-0.39, 0.29) is 23.6 Å². The van der Waals surface area contributed by atoms with Crippen molar-refractivity contribution in [2.24, 2.45) is 0 Å². The zero-order valence-electron chi connectivity index (χ0n) is 19.2. The number of hydrogen-bond acceptors (Lipinski definition) is 4. The van der Waals surface area contributed by atoms with Crippen molar-refractivity contribution in [3.8, 4) is 11.5 Å².